The summed E-state index contributed by atoms with van der Waals surface area (Å²) in [6.07, 6.45) is 0. The lowest BCUT2D eigenvalue weighted by molar-refractivity contribution is -0.119. The van der Waals surface area contributed by atoms with E-state index in [-0.39, 0.29) is 9.77 Å². The topological polar surface area (TPSA) is 116 Å². The Hall–Kier alpha value is -2.82. The van der Waals surface area contributed by atoms with Crippen molar-refractivity contribution in [3.05, 3.63) is 59.2 Å². The van der Waals surface area contributed by atoms with Crippen molar-refractivity contribution >= 4 is 49.0 Å². The first-order valence-electron chi connectivity index (χ1n) is 7.52. The molecule has 10 heteroatoms. The molecular formula is C17H13FN2O5S2. The minimum absolute atomic E-state index is 0.0936. The van der Waals surface area contributed by atoms with E-state index in [1.54, 1.807) is 6.07 Å². The van der Waals surface area contributed by atoms with Crippen molar-refractivity contribution in [1.29, 1.82) is 0 Å². The normalized spacial score (nSPS) is 11.3. The van der Waals surface area contributed by atoms with Crippen LogP contribution in [0.25, 0.3) is 10.1 Å². The smallest absolute Gasteiger partial charge is 0.348 e. The fourth-order valence-electron chi connectivity index (χ4n) is 2.25. The second-order valence-electron chi connectivity index (χ2n) is 5.46. The predicted molar refractivity (Wildman–Crippen MR) is 98.5 cm³/mol. The first kappa shape index (κ1) is 19.0. The SMILES string of the molecule is NS(=O)(=O)c1ccc(NC(=O)COC(=O)c2cc3c(F)cccc3s2)cc1. The number of sulfonamides is 1. The van der Waals surface area contributed by atoms with E-state index in [0.29, 0.717) is 15.8 Å². The number of esters is 1. The van der Waals surface area contributed by atoms with E-state index in [2.05, 4.69) is 5.32 Å². The first-order chi connectivity index (χ1) is 12.7. The molecule has 0 spiro atoms. The van der Waals surface area contributed by atoms with E-state index in [1.165, 1.54) is 42.5 Å². The van der Waals surface area contributed by atoms with Gasteiger partial charge in [0.2, 0.25) is 10.0 Å². The van der Waals surface area contributed by atoms with Crippen LogP contribution in [0.2, 0.25) is 0 Å². The molecule has 0 radical (unpaired) electrons. The number of hydrogen-bond donors (Lipinski definition) is 2. The quantitative estimate of drug-likeness (QED) is 0.629. The standard InChI is InChI=1S/C17H13FN2O5S2/c18-13-2-1-3-14-12(13)8-15(26-14)17(22)25-9-16(21)20-10-4-6-11(7-5-10)27(19,23)24/h1-8H,9H2,(H,20,21)(H2,19,23,24). The predicted octanol–water partition coefficient (Wildman–Crippen LogP) is 2.48. The van der Waals surface area contributed by atoms with Crippen LogP contribution in [0.4, 0.5) is 10.1 Å². The number of fused-ring (bicyclic) bond motifs is 1. The van der Waals surface area contributed by atoms with E-state index in [0.717, 1.165) is 11.3 Å². The second-order valence-corrected chi connectivity index (χ2v) is 8.10. The minimum Gasteiger partial charge on any atom is -0.451 e. The minimum atomic E-state index is -3.82. The van der Waals surface area contributed by atoms with Gasteiger partial charge >= 0.3 is 5.97 Å². The molecule has 27 heavy (non-hydrogen) atoms. The molecule has 0 aliphatic carbocycles. The van der Waals surface area contributed by atoms with Crippen molar-refractivity contribution in [2.45, 2.75) is 4.90 Å². The number of carbonyl (C=O) groups excluding carboxylic acids is 2. The summed E-state index contributed by atoms with van der Waals surface area (Å²) in [5.74, 6) is -1.79. The highest BCUT2D eigenvalue weighted by Gasteiger charge is 2.15. The number of halogens is 1. The molecule has 1 heterocycles. The van der Waals surface area contributed by atoms with Crippen LogP contribution in [0, 0.1) is 5.82 Å². The van der Waals surface area contributed by atoms with E-state index in [1.807, 2.05) is 0 Å². The molecule has 3 rings (SSSR count). The highest BCUT2D eigenvalue weighted by atomic mass is 32.2. The largest absolute Gasteiger partial charge is 0.451 e. The van der Waals surface area contributed by atoms with Crippen LogP contribution in [0.15, 0.2) is 53.4 Å². The number of anilines is 1. The van der Waals surface area contributed by atoms with Gasteiger partial charge in [0.25, 0.3) is 5.91 Å². The van der Waals surface area contributed by atoms with Gasteiger partial charge in [-0.25, -0.2) is 22.7 Å². The average molecular weight is 408 g/mol. The molecule has 7 nitrogen and oxygen atoms in total. The zero-order valence-electron chi connectivity index (χ0n) is 13.6. The molecule has 140 valence electrons. The summed E-state index contributed by atoms with van der Waals surface area (Å²) in [4.78, 5) is 24.0. The summed E-state index contributed by atoms with van der Waals surface area (Å²) in [5.41, 5.74) is 0.312. The zero-order valence-corrected chi connectivity index (χ0v) is 15.3. The molecule has 3 N–H and O–H groups in total. The number of thiophene rings is 1. The number of rotatable bonds is 5. The number of amides is 1. The van der Waals surface area contributed by atoms with Gasteiger partial charge in [-0.3, -0.25) is 4.79 Å². The molecule has 0 unspecified atom stereocenters. The maximum Gasteiger partial charge on any atom is 0.348 e. The average Bonchev–Trinajstić information content (AvgIpc) is 3.05. The van der Waals surface area contributed by atoms with Gasteiger partial charge in [0, 0.05) is 15.8 Å². The number of hydrogen-bond acceptors (Lipinski definition) is 6. The molecule has 0 aliphatic rings. The van der Waals surface area contributed by atoms with E-state index < -0.39 is 34.3 Å². The summed E-state index contributed by atoms with van der Waals surface area (Å²) in [6, 6.07) is 11.1. The number of primary sulfonamides is 1. The van der Waals surface area contributed by atoms with Crippen LogP contribution in [-0.4, -0.2) is 26.9 Å². The Morgan fingerprint density at radius 3 is 2.48 bits per heavy atom. The molecule has 1 amide bonds. The molecule has 3 aromatic rings. The van der Waals surface area contributed by atoms with Crippen LogP contribution >= 0.6 is 11.3 Å². The summed E-state index contributed by atoms with van der Waals surface area (Å²) >= 11 is 1.06. The fraction of sp³-hybridized carbons (Fsp3) is 0.0588. The molecule has 0 saturated heterocycles. The lowest BCUT2D eigenvalue weighted by atomic mass is 10.2. The van der Waals surface area contributed by atoms with Crippen LogP contribution in [0.5, 0.6) is 0 Å². The van der Waals surface area contributed by atoms with Gasteiger partial charge < -0.3 is 10.1 Å². The number of carbonyl (C=O) groups is 2. The third-order valence-electron chi connectivity index (χ3n) is 3.51. The Labute approximate surface area is 157 Å². The molecular weight excluding hydrogens is 395 g/mol. The fourth-order valence-corrected chi connectivity index (χ4v) is 3.74. The zero-order chi connectivity index (χ0) is 19.6. The Kier molecular flexibility index (Phi) is 5.22. The van der Waals surface area contributed by atoms with Crippen LogP contribution in [-0.2, 0) is 19.6 Å². The van der Waals surface area contributed by atoms with E-state index in [9.17, 15) is 22.4 Å². The van der Waals surface area contributed by atoms with Gasteiger partial charge in [-0.2, -0.15) is 0 Å². The van der Waals surface area contributed by atoms with Gasteiger partial charge in [0.1, 0.15) is 10.7 Å². The van der Waals surface area contributed by atoms with E-state index >= 15 is 0 Å². The van der Waals surface area contributed by atoms with Gasteiger partial charge in [-0.05, 0) is 42.5 Å². The second kappa shape index (κ2) is 7.43. The lowest BCUT2D eigenvalue weighted by Gasteiger charge is -2.06. The lowest BCUT2D eigenvalue weighted by Crippen LogP contribution is -2.20. The number of nitrogens with two attached hydrogens (primary N) is 1. The highest BCUT2D eigenvalue weighted by Crippen LogP contribution is 2.28. The maximum atomic E-state index is 13.7. The third kappa shape index (κ3) is 4.48. The van der Waals surface area contributed by atoms with Crippen molar-refractivity contribution in [2.24, 2.45) is 5.14 Å². The molecule has 1 aromatic heterocycles. The van der Waals surface area contributed by atoms with Crippen molar-refractivity contribution < 1.29 is 27.1 Å². The van der Waals surface area contributed by atoms with Crippen molar-refractivity contribution in [3.8, 4) is 0 Å². The maximum absolute atomic E-state index is 13.7. The molecule has 0 aliphatic heterocycles. The summed E-state index contributed by atoms with van der Waals surface area (Å²) in [5, 5.41) is 7.75. The number of nitrogens with one attached hydrogen (secondary N) is 1. The van der Waals surface area contributed by atoms with Crippen molar-refractivity contribution in [3.63, 3.8) is 0 Å². The molecule has 2 aromatic carbocycles. The van der Waals surface area contributed by atoms with Crippen LogP contribution in [0.1, 0.15) is 9.67 Å². The van der Waals surface area contributed by atoms with Gasteiger partial charge in [-0.1, -0.05) is 6.07 Å². The Morgan fingerprint density at radius 1 is 1.15 bits per heavy atom. The molecule has 0 atom stereocenters. The Morgan fingerprint density at radius 2 is 1.85 bits per heavy atom. The monoisotopic (exact) mass is 408 g/mol. The van der Waals surface area contributed by atoms with Gasteiger partial charge in [0.05, 0.1) is 4.90 Å². The summed E-state index contributed by atoms with van der Waals surface area (Å²) < 4.78 is 41.5. The highest BCUT2D eigenvalue weighted by molar-refractivity contribution is 7.89. The van der Waals surface area contributed by atoms with Crippen LogP contribution in [0.3, 0.4) is 0 Å². The first-order valence-corrected chi connectivity index (χ1v) is 9.88. The Bertz CT molecular complexity index is 1120. The third-order valence-corrected chi connectivity index (χ3v) is 5.52. The molecule has 0 bridgehead atoms. The molecule has 0 fully saturated rings. The van der Waals surface area contributed by atoms with Crippen molar-refractivity contribution in [2.75, 3.05) is 11.9 Å². The molecule has 0 saturated carbocycles. The van der Waals surface area contributed by atoms with Crippen LogP contribution < -0.4 is 10.5 Å². The van der Waals surface area contributed by atoms with Gasteiger partial charge in [0.15, 0.2) is 6.61 Å². The van der Waals surface area contributed by atoms with Gasteiger partial charge in [-0.15, -0.1) is 11.3 Å². The Balaban J connectivity index is 1.59. The summed E-state index contributed by atoms with van der Waals surface area (Å²) in [7, 11) is -3.82. The van der Waals surface area contributed by atoms with E-state index in [4.69, 9.17) is 9.88 Å². The van der Waals surface area contributed by atoms with Crippen molar-refractivity contribution in [1.82, 2.24) is 0 Å². The number of ether oxygens (including phenoxy) is 1. The summed E-state index contributed by atoms with van der Waals surface area (Å²) in [6.45, 7) is -0.549. The number of benzene rings is 2.